The Bertz CT molecular complexity index is 519. The lowest BCUT2D eigenvalue weighted by molar-refractivity contribution is -0.148. The smallest absolute Gasteiger partial charge is 0.227 e. The Morgan fingerprint density at radius 2 is 2.12 bits per heavy atom. The van der Waals surface area contributed by atoms with Gasteiger partial charge in [-0.05, 0) is 61.2 Å². The summed E-state index contributed by atoms with van der Waals surface area (Å²) in [6.07, 6.45) is 4.78. The predicted molar refractivity (Wildman–Crippen MR) is 98.5 cm³/mol. The van der Waals surface area contributed by atoms with Crippen molar-refractivity contribution in [3.8, 4) is 0 Å². The molecule has 24 heavy (non-hydrogen) atoms. The van der Waals surface area contributed by atoms with Crippen molar-refractivity contribution in [2.24, 2.45) is 0 Å². The molecule has 1 spiro atoms. The average Bonchev–Trinajstić information content (AvgIpc) is 3.10. The van der Waals surface area contributed by atoms with Crippen molar-refractivity contribution >= 4 is 17.2 Å². The zero-order chi connectivity index (χ0) is 17.0. The van der Waals surface area contributed by atoms with E-state index in [0.717, 1.165) is 64.0 Å². The van der Waals surface area contributed by atoms with Gasteiger partial charge in [-0.2, -0.15) is 11.3 Å². The minimum atomic E-state index is 0.00463. The summed E-state index contributed by atoms with van der Waals surface area (Å²) in [5.74, 6) is 0.263. The third-order valence-corrected chi connectivity index (χ3v) is 6.49. The molecule has 3 rings (SSSR count). The van der Waals surface area contributed by atoms with E-state index in [0.29, 0.717) is 12.5 Å². The van der Waals surface area contributed by atoms with Crippen LogP contribution in [-0.4, -0.2) is 60.1 Å². The highest BCUT2D eigenvalue weighted by Crippen LogP contribution is 2.36. The molecule has 0 saturated carbocycles. The quantitative estimate of drug-likeness (QED) is 0.818. The van der Waals surface area contributed by atoms with E-state index in [1.807, 2.05) is 16.3 Å². The van der Waals surface area contributed by atoms with Gasteiger partial charge < -0.3 is 14.5 Å². The van der Waals surface area contributed by atoms with Crippen molar-refractivity contribution in [2.45, 2.75) is 57.6 Å². The van der Waals surface area contributed by atoms with Crippen LogP contribution in [-0.2, 0) is 16.0 Å². The maximum atomic E-state index is 12.5. The summed E-state index contributed by atoms with van der Waals surface area (Å²) in [5.41, 5.74) is 1.14. The first kappa shape index (κ1) is 17.9. The lowest BCUT2D eigenvalue weighted by Crippen LogP contribution is -2.54. The van der Waals surface area contributed by atoms with Gasteiger partial charge in [-0.1, -0.05) is 13.8 Å². The molecule has 1 amide bonds. The van der Waals surface area contributed by atoms with E-state index in [1.165, 1.54) is 0 Å². The van der Waals surface area contributed by atoms with Crippen molar-refractivity contribution in [3.63, 3.8) is 0 Å². The Morgan fingerprint density at radius 1 is 1.38 bits per heavy atom. The fourth-order valence-corrected chi connectivity index (χ4v) is 4.91. The second-order valence-electron chi connectivity index (χ2n) is 7.09. The molecular weight excluding hydrogens is 320 g/mol. The Balaban J connectivity index is 1.54. The molecule has 3 heterocycles. The highest BCUT2D eigenvalue weighted by atomic mass is 32.1. The van der Waals surface area contributed by atoms with Gasteiger partial charge in [0.2, 0.25) is 5.91 Å². The topological polar surface area (TPSA) is 32.8 Å². The van der Waals surface area contributed by atoms with Gasteiger partial charge in [0.1, 0.15) is 0 Å². The minimum Gasteiger partial charge on any atom is -0.375 e. The standard InChI is InChI=1S/C19H30N2O2S/c1-3-20(4-2)17-5-11-23-19(14-17)7-9-21(10-8-19)18(22)13-16-6-12-24-15-16/h6,12,15,17H,3-5,7-11,13-14H2,1-2H3. The van der Waals surface area contributed by atoms with Gasteiger partial charge in [-0.3, -0.25) is 4.79 Å². The van der Waals surface area contributed by atoms with E-state index in [-0.39, 0.29) is 11.5 Å². The number of amides is 1. The number of hydrogen-bond acceptors (Lipinski definition) is 4. The van der Waals surface area contributed by atoms with Crippen LogP contribution in [0, 0.1) is 0 Å². The number of hydrogen-bond donors (Lipinski definition) is 0. The second kappa shape index (κ2) is 7.98. The van der Waals surface area contributed by atoms with Crippen LogP contribution in [0.5, 0.6) is 0 Å². The van der Waals surface area contributed by atoms with Crippen molar-refractivity contribution in [1.29, 1.82) is 0 Å². The molecule has 1 aromatic heterocycles. The molecule has 5 heteroatoms. The Kier molecular flexibility index (Phi) is 5.95. The van der Waals surface area contributed by atoms with E-state index in [2.05, 4.69) is 24.1 Å². The van der Waals surface area contributed by atoms with E-state index >= 15 is 0 Å². The molecule has 0 N–H and O–H groups in total. The van der Waals surface area contributed by atoms with Gasteiger partial charge in [0.25, 0.3) is 0 Å². The molecule has 4 nitrogen and oxygen atoms in total. The number of nitrogens with zero attached hydrogens (tertiary/aromatic N) is 2. The molecule has 2 fully saturated rings. The normalized spacial score (nSPS) is 23.8. The largest absolute Gasteiger partial charge is 0.375 e. The predicted octanol–water partition coefficient (Wildman–Crippen LogP) is 3.17. The first-order chi connectivity index (χ1) is 11.7. The zero-order valence-electron chi connectivity index (χ0n) is 15.0. The number of piperidine rings is 1. The lowest BCUT2D eigenvalue weighted by atomic mass is 9.81. The molecular formula is C19H30N2O2S. The van der Waals surface area contributed by atoms with Gasteiger partial charge in [0, 0.05) is 25.7 Å². The molecule has 2 aliphatic heterocycles. The van der Waals surface area contributed by atoms with Crippen molar-refractivity contribution in [1.82, 2.24) is 9.80 Å². The molecule has 134 valence electrons. The van der Waals surface area contributed by atoms with Gasteiger partial charge in [0.05, 0.1) is 12.0 Å². The third kappa shape index (κ3) is 4.01. The van der Waals surface area contributed by atoms with Gasteiger partial charge in [0.15, 0.2) is 0 Å². The number of rotatable bonds is 5. The van der Waals surface area contributed by atoms with E-state index in [9.17, 15) is 4.79 Å². The minimum absolute atomic E-state index is 0.00463. The van der Waals surface area contributed by atoms with Crippen LogP contribution < -0.4 is 0 Å². The van der Waals surface area contributed by atoms with Crippen LogP contribution in [0.2, 0.25) is 0 Å². The molecule has 0 radical (unpaired) electrons. The molecule has 1 atom stereocenters. The third-order valence-electron chi connectivity index (χ3n) is 5.76. The second-order valence-corrected chi connectivity index (χ2v) is 7.87. The number of carbonyl (C=O) groups is 1. The number of ether oxygens (including phenoxy) is 1. The van der Waals surface area contributed by atoms with Crippen LogP contribution in [0.25, 0.3) is 0 Å². The first-order valence-corrected chi connectivity index (χ1v) is 10.3. The number of likely N-dealkylation sites (tertiary alicyclic amines) is 1. The Hall–Kier alpha value is -0.910. The average molecular weight is 351 g/mol. The first-order valence-electron chi connectivity index (χ1n) is 9.32. The molecule has 0 aliphatic carbocycles. The highest BCUT2D eigenvalue weighted by Gasteiger charge is 2.42. The van der Waals surface area contributed by atoms with Crippen LogP contribution in [0.3, 0.4) is 0 Å². The van der Waals surface area contributed by atoms with Crippen molar-refractivity contribution < 1.29 is 9.53 Å². The molecule has 2 saturated heterocycles. The van der Waals surface area contributed by atoms with Crippen molar-refractivity contribution in [2.75, 3.05) is 32.8 Å². The summed E-state index contributed by atoms with van der Waals surface area (Å²) in [6, 6.07) is 2.69. The van der Waals surface area contributed by atoms with E-state index in [1.54, 1.807) is 11.3 Å². The highest BCUT2D eigenvalue weighted by molar-refractivity contribution is 7.07. The fraction of sp³-hybridized carbons (Fsp3) is 0.737. The molecule has 2 aliphatic rings. The van der Waals surface area contributed by atoms with Gasteiger partial charge in [-0.15, -0.1) is 0 Å². The Labute approximate surface area is 149 Å². The maximum absolute atomic E-state index is 12.5. The van der Waals surface area contributed by atoms with Crippen LogP contribution in [0.15, 0.2) is 16.8 Å². The van der Waals surface area contributed by atoms with Crippen molar-refractivity contribution in [3.05, 3.63) is 22.4 Å². The zero-order valence-corrected chi connectivity index (χ0v) is 15.8. The molecule has 0 aromatic carbocycles. The number of thiophene rings is 1. The summed E-state index contributed by atoms with van der Waals surface area (Å²) in [6.45, 7) is 9.27. The van der Waals surface area contributed by atoms with E-state index in [4.69, 9.17) is 4.74 Å². The van der Waals surface area contributed by atoms with E-state index < -0.39 is 0 Å². The molecule has 0 bridgehead atoms. The summed E-state index contributed by atoms with van der Waals surface area (Å²) in [5, 5.41) is 4.11. The van der Waals surface area contributed by atoms with Crippen LogP contribution in [0.1, 0.15) is 45.1 Å². The van der Waals surface area contributed by atoms with Crippen LogP contribution in [0.4, 0.5) is 0 Å². The van der Waals surface area contributed by atoms with Crippen LogP contribution >= 0.6 is 11.3 Å². The number of carbonyl (C=O) groups excluding carboxylic acids is 1. The SMILES string of the molecule is CCN(CC)C1CCOC2(CCN(C(=O)Cc3ccsc3)CC2)C1. The summed E-state index contributed by atoms with van der Waals surface area (Å²) < 4.78 is 6.25. The lowest BCUT2D eigenvalue weighted by Gasteiger charge is -2.48. The summed E-state index contributed by atoms with van der Waals surface area (Å²) >= 11 is 1.66. The maximum Gasteiger partial charge on any atom is 0.227 e. The van der Waals surface area contributed by atoms with Gasteiger partial charge >= 0.3 is 0 Å². The summed E-state index contributed by atoms with van der Waals surface area (Å²) in [7, 11) is 0. The molecule has 1 unspecified atom stereocenters. The Morgan fingerprint density at radius 3 is 2.75 bits per heavy atom. The van der Waals surface area contributed by atoms with Gasteiger partial charge in [-0.25, -0.2) is 0 Å². The fourth-order valence-electron chi connectivity index (χ4n) is 4.25. The molecule has 1 aromatic rings. The monoisotopic (exact) mass is 350 g/mol. The summed E-state index contributed by atoms with van der Waals surface area (Å²) in [4.78, 5) is 17.1.